The van der Waals surface area contributed by atoms with E-state index in [0.717, 1.165) is 35.8 Å². The van der Waals surface area contributed by atoms with E-state index in [0.29, 0.717) is 5.52 Å². The fraction of sp³-hybridized carbons (Fsp3) is 0.438. The minimum atomic E-state index is -0.503. The Balaban J connectivity index is 2.62. The molecule has 1 aromatic heterocycles. The summed E-state index contributed by atoms with van der Waals surface area (Å²) in [6, 6.07) is 5.51. The van der Waals surface area contributed by atoms with Crippen molar-refractivity contribution in [2.45, 2.75) is 45.6 Å². The van der Waals surface area contributed by atoms with Crippen LogP contribution in [0.15, 0.2) is 24.4 Å². The number of pyridine rings is 1. The van der Waals surface area contributed by atoms with Gasteiger partial charge in [-0.15, -0.1) is 0 Å². The lowest BCUT2D eigenvalue weighted by Gasteiger charge is -2.21. The summed E-state index contributed by atoms with van der Waals surface area (Å²) >= 11 is 0. The number of nitrogens with zero attached hydrogens (tertiary/aromatic N) is 1. The smallest absolute Gasteiger partial charge is 0.149 e. The zero-order chi connectivity index (χ0) is 14.0. The molecule has 0 radical (unpaired) electrons. The molecule has 0 aliphatic carbocycles. The Morgan fingerprint density at radius 1 is 1.32 bits per heavy atom. The topological polar surface area (TPSA) is 38.9 Å². The van der Waals surface area contributed by atoms with Crippen molar-refractivity contribution in [1.82, 2.24) is 4.98 Å². The third kappa shape index (κ3) is 2.92. The van der Waals surface area contributed by atoms with Crippen LogP contribution in [0.25, 0.3) is 10.9 Å². The first-order valence-electron chi connectivity index (χ1n) is 6.80. The van der Waals surface area contributed by atoms with Crippen molar-refractivity contribution in [3.63, 3.8) is 0 Å². The lowest BCUT2D eigenvalue weighted by molar-refractivity contribution is 0.558. The van der Waals surface area contributed by atoms with E-state index in [2.05, 4.69) is 11.9 Å². The highest BCUT2D eigenvalue weighted by Crippen LogP contribution is 2.28. The van der Waals surface area contributed by atoms with E-state index >= 15 is 0 Å². The maximum absolute atomic E-state index is 14.1. The molecule has 1 aromatic carbocycles. The lowest BCUT2D eigenvalue weighted by atomic mass is 9.91. The number of aromatic nitrogens is 1. The number of hydrogen-bond donors (Lipinski definition) is 1. The normalized spacial score (nSPS) is 12.1. The standard InChI is InChI=1S/C16H21FN2/c1-4-5-6-11-9-12-13(16(2,3)18)7-8-19-15(12)14(17)10-11/h7-10H,4-6,18H2,1-3H3. The molecule has 2 rings (SSSR count). The second-order valence-electron chi connectivity index (χ2n) is 5.66. The highest BCUT2D eigenvalue weighted by atomic mass is 19.1. The average Bonchev–Trinajstić information content (AvgIpc) is 2.34. The molecular formula is C16H21FN2. The number of fused-ring (bicyclic) bond motifs is 1. The number of benzene rings is 1. The van der Waals surface area contributed by atoms with Crippen LogP contribution in [0, 0.1) is 5.82 Å². The zero-order valence-corrected chi connectivity index (χ0v) is 11.8. The van der Waals surface area contributed by atoms with E-state index < -0.39 is 5.54 Å². The molecule has 0 amide bonds. The number of hydrogen-bond acceptors (Lipinski definition) is 2. The van der Waals surface area contributed by atoms with E-state index in [1.54, 1.807) is 12.3 Å². The first-order valence-corrected chi connectivity index (χ1v) is 6.80. The Kier molecular flexibility index (Phi) is 3.85. The predicted molar refractivity (Wildman–Crippen MR) is 77.5 cm³/mol. The Morgan fingerprint density at radius 2 is 2.05 bits per heavy atom. The van der Waals surface area contributed by atoms with Gasteiger partial charge in [-0.2, -0.15) is 0 Å². The van der Waals surface area contributed by atoms with Crippen molar-refractivity contribution in [3.05, 3.63) is 41.3 Å². The first-order chi connectivity index (χ1) is 8.93. The molecule has 0 fully saturated rings. The maximum Gasteiger partial charge on any atom is 0.149 e. The van der Waals surface area contributed by atoms with Crippen LogP contribution in [0.5, 0.6) is 0 Å². The summed E-state index contributed by atoms with van der Waals surface area (Å²) in [7, 11) is 0. The minimum absolute atomic E-state index is 0.255. The van der Waals surface area contributed by atoms with Gasteiger partial charge < -0.3 is 5.73 Å². The minimum Gasteiger partial charge on any atom is -0.322 e. The summed E-state index contributed by atoms with van der Waals surface area (Å²) in [6.45, 7) is 5.99. The van der Waals surface area contributed by atoms with Crippen LogP contribution in [0.1, 0.15) is 44.7 Å². The van der Waals surface area contributed by atoms with E-state index in [4.69, 9.17) is 5.73 Å². The summed E-state index contributed by atoms with van der Waals surface area (Å²) in [5.74, 6) is -0.255. The summed E-state index contributed by atoms with van der Waals surface area (Å²) in [5.41, 5.74) is 8.04. The van der Waals surface area contributed by atoms with Crippen LogP contribution < -0.4 is 5.73 Å². The molecule has 2 N–H and O–H groups in total. The molecule has 2 aromatic rings. The Hall–Kier alpha value is -1.48. The fourth-order valence-corrected chi connectivity index (χ4v) is 2.35. The van der Waals surface area contributed by atoms with E-state index in [9.17, 15) is 4.39 Å². The molecule has 0 aliphatic rings. The summed E-state index contributed by atoms with van der Waals surface area (Å²) in [6.07, 6.45) is 4.68. The second-order valence-corrected chi connectivity index (χ2v) is 5.66. The number of halogens is 1. The Labute approximate surface area is 113 Å². The number of unbranched alkanes of at least 4 members (excludes halogenated alkanes) is 1. The van der Waals surface area contributed by atoms with Crippen LogP contribution in [-0.2, 0) is 12.0 Å². The Bertz CT molecular complexity index is 585. The summed E-state index contributed by atoms with van der Waals surface area (Å²) < 4.78 is 14.1. The molecule has 2 nitrogen and oxygen atoms in total. The molecular weight excluding hydrogens is 239 g/mol. The van der Waals surface area contributed by atoms with E-state index in [1.165, 1.54) is 0 Å². The molecule has 3 heteroatoms. The van der Waals surface area contributed by atoms with Gasteiger partial charge in [0.25, 0.3) is 0 Å². The van der Waals surface area contributed by atoms with Gasteiger partial charge in [-0.3, -0.25) is 4.98 Å². The third-order valence-corrected chi connectivity index (χ3v) is 3.37. The maximum atomic E-state index is 14.1. The SMILES string of the molecule is CCCCc1cc(F)c2nccc(C(C)(C)N)c2c1. The monoisotopic (exact) mass is 260 g/mol. The van der Waals surface area contributed by atoms with Gasteiger partial charge >= 0.3 is 0 Å². The van der Waals surface area contributed by atoms with Gasteiger partial charge in [-0.05, 0) is 56.0 Å². The number of rotatable bonds is 4. The molecule has 0 bridgehead atoms. The van der Waals surface area contributed by atoms with Crippen LogP contribution in [0.2, 0.25) is 0 Å². The van der Waals surface area contributed by atoms with Gasteiger partial charge in [-0.1, -0.05) is 13.3 Å². The molecule has 0 saturated heterocycles. The van der Waals surface area contributed by atoms with Crippen LogP contribution in [0.3, 0.4) is 0 Å². The molecule has 0 saturated carbocycles. The van der Waals surface area contributed by atoms with Crippen molar-refractivity contribution in [1.29, 1.82) is 0 Å². The molecule has 0 spiro atoms. The quantitative estimate of drug-likeness (QED) is 0.905. The second kappa shape index (κ2) is 5.25. The third-order valence-electron chi connectivity index (χ3n) is 3.37. The van der Waals surface area contributed by atoms with Crippen LogP contribution in [0.4, 0.5) is 4.39 Å². The Morgan fingerprint density at radius 3 is 2.68 bits per heavy atom. The van der Waals surface area contributed by atoms with Gasteiger partial charge in [0, 0.05) is 17.1 Å². The largest absolute Gasteiger partial charge is 0.322 e. The van der Waals surface area contributed by atoms with Crippen molar-refractivity contribution in [3.8, 4) is 0 Å². The zero-order valence-electron chi connectivity index (χ0n) is 11.8. The lowest BCUT2D eigenvalue weighted by Crippen LogP contribution is -2.29. The van der Waals surface area contributed by atoms with Crippen LogP contribution in [-0.4, -0.2) is 4.98 Å². The fourth-order valence-electron chi connectivity index (χ4n) is 2.35. The first kappa shape index (κ1) is 13.9. The molecule has 0 aliphatic heterocycles. The van der Waals surface area contributed by atoms with Crippen LogP contribution >= 0.6 is 0 Å². The summed E-state index contributed by atoms with van der Waals surface area (Å²) in [5, 5.41) is 0.834. The van der Waals surface area contributed by atoms with Gasteiger partial charge in [0.1, 0.15) is 11.3 Å². The van der Waals surface area contributed by atoms with Crippen molar-refractivity contribution >= 4 is 10.9 Å². The van der Waals surface area contributed by atoms with E-state index in [1.807, 2.05) is 26.0 Å². The van der Waals surface area contributed by atoms with Gasteiger partial charge in [0.2, 0.25) is 0 Å². The van der Waals surface area contributed by atoms with Gasteiger partial charge in [0.15, 0.2) is 0 Å². The number of nitrogens with two attached hydrogens (primary N) is 1. The van der Waals surface area contributed by atoms with Crippen molar-refractivity contribution < 1.29 is 4.39 Å². The molecule has 19 heavy (non-hydrogen) atoms. The van der Waals surface area contributed by atoms with Gasteiger partial charge in [0.05, 0.1) is 0 Å². The molecule has 1 heterocycles. The highest BCUT2D eigenvalue weighted by Gasteiger charge is 2.19. The number of aryl methyl sites for hydroxylation is 1. The molecule has 0 atom stereocenters. The van der Waals surface area contributed by atoms with E-state index in [-0.39, 0.29) is 5.82 Å². The van der Waals surface area contributed by atoms with Gasteiger partial charge in [-0.25, -0.2) is 4.39 Å². The predicted octanol–water partition coefficient (Wildman–Crippen LogP) is 3.91. The average molecular weight is 260 g/mol. The summed E-state index contributed by atoms with van der Waals surface area (Å²) in [4.78, 5) is 4.15. The van der Waals surface area contributed by atoms with Crippen molar-refractivity contribution in [2.24, 2.45) is 5.73 Å². The van der Waals surface area contributed by atoms with Crippen molar-refractivity contribution in [2.75, 3.05) is 0 Å². The molecule has 0 unspecified atom stereocenters. The highest BCUT2D eigenvalue weighted by molar-refractivity contribution is 5.84. The molecule has 102 valence electrons.